The van der Waals surface area contributed by atoms with Crippen molar-refractivity contribution in [1.29, 1.82) is 0 Å². The third-order valence-electron chi connectivity index (χ3n) is 5.51. The molecule has 0 atom stereocenters. The van der Waals surface area contributed by atoms with E-state index in [2.05, 4.69) is 20.1 Å². The number of halogens is 4. The number of carbonyl (C=O) groups is 1. The zero-order valence-electron chi connectivity index (χ0n) is 17.9. The molecule has 0 bridgehead atoms. The highest BCUT2D eigenvalue weighted by molar-refractivity contribution is 5.99. The van der Waals surface area contributed by atoms with Crippen molar-refractivity contribution in [2.24, 2.45) is 0 Å². The maximum absolute atomic E-state index is 13.3. The number of fused-ring (bicyclic) bond motifs is 1. The van der Waals surface area contributed by atoms with E-state index in [0.29, 0.717) is 22.3 Å². The monoisotopic (exact) mass is 466 g/mol. The third-order valence-corrected chi connectivity index (χ3v) is 5.51. The van der Waals surface area contributed by atoms with Gasteiger partial charge < -0.3 is 15.2 Å². The Hall–Kier alpha value is -3.21. The van der Waals surface area contributed by atoms with Crippen molar-refractivity contribution >= 4 is 16.9 Å². The second kappa shape index (κ2) is 8.29. The molecule has 0 saturated heterocycles. The number of alkyl halides is 4. The van der Waals surface area contributed by atoms with Gasteiger partial charge in [0.05, 0.1) is 23.2 Å². The molecule has 0 aliphatic heterocycles. The standard InChI is InChI=1S/C22H22F4N4O3/c1-12(2)30-16-7-14(19(32)28-21(11-31)9-22(25,26)10-21)8-27-18(16)17(29-30)13-4-3-5-15(6-13)33-20(23)24/h3-8,12,20,31H,9-11H2,1-2H3,(H,28,32). The van der Waals surface area contributed by atoms with E-state index in [-0.39, 0.29) is 17.4 Å². The average Bonchev–Trinajstić information content (AvgIpc) is 3.11. The van der Waals surface area contributed by atoms with Gasteiger partial charge in [0.1, 0.15) is 17.0 Å². The summed E-state index contributed by atoms with van der Waals surface area (Å²) >= 11 is 0. The fraction of sp³-hybridized carbons (Fsp3) is 0.409. The van der Waals surface area contributed by atoms with Crippen molar-refractivity contribution in [2.75, 3.05) is 6.61 Å². The van der Waals surface area contributed by atoms with Crippen LogP contribution in [0.2, 0.25) is 0 Å². The van der Waals surface area contributed by atoms with Crippen molar-refractivity contribution in [3.8, 4) is 17.0 Å². The van der Waals surface area contributed by atoms with Crippen molar-refractivity contribution < 1.29 is 32.2 Å². The van der Waals surface area contributed by atoms with E-state index in [1.165, 1.54) is 24.4 Å². The molecule has 4 rings (SSSR count). The molecule has 11 heteroatoms. The molecule has 2 N–H and O–H groups in total. The molecule has 1 fully saturated rings. The van der Waals surface area contributed by atoms with Gasteiger partial charge in [0.2, 0.25) is 0 Å². The lowest BCUT2D eigenvalue weighted by Gasteiger charge is -2.46. The van der Waals surface area contributed by atoms with Gasteiger partial charge >= 0.3 is 6.61 Å². The highest BCUT2D eigenvalue weighted by Gasteiger charge is 2.57. The fourth-order valence-corrected chi connectivity index (χ4v) is 4.04. The van der Waals surface area contributed by atoms with E-state index >= 15 is 0 Å². The zero-order chi connectivity index (χ0) is 24.0. The molecular formula is C22H22F4N4O3. The molecule has 3 aromatic rings. The molecule has 0 spiro atoms. The second-order valence-corrected chi connectivity index (χ2v) is 8.49. The van der Waals surface area contributed by atoms with E-state index < -0.39 is 43.4 Å². The van der Waals surface area contributed by atoms with Gasteiger partial charge in [0.15, 0.2) is 0 Å². The van der Waals surface area contributed by atoms with Crippen LogP contribution < -0.4 is 10.1 Å². The van der Waals surface area contributed by atoms with Gasteiger partial charge in [-0.2, -0.15) is 13.9 Å². The number of ether oxygens (including phenoxy) is 1. The summed E-state index contributed by atoms with van der Waals surface area (Å²) in [5.74, 6) is -3.59. The number of carbonyl (C=O) groups excluding carboxylic acids is 1. The number of hydrogen-bond donors (Lipinski definition) is 2. The van der Waals surface area contributed by atoms with Crippen molar-refractivity contribution in [3.05, 3.63) is 42.1 Å². The number of pyridine rings is 1. The summed E-state index contributed by atoms with van der Waals surface area (Å²) in [4.78, 5) is 17.1. The Morgan fingerprint density at radius 1 is 1.27 bits per heavy atom. The number of aliphatic hydroxyl groups excluding tert-OH is 1. The maximum atomic E-state index is 13.3. The molecule has 1 aromatic carbocycles. The molecule has 1 saturated carbocycles. The van der Waals surface area contributed by atoms with E-state index in [0.717, 1.165) is 0 Å². The lowest BCUT2D eigenvalue weighted by Crippen LogP contribution is -2.64. The molecular weight excluding hydrogens is 444 g/mol. The van der Waals surface area contributed by atoms with Gasteiger partial charge in [-0.15, -0.1) is 0 Å². The summed E-state index contributed by atoms with van der Waals surface area (Å²) in [5.41, 5.74) is 0.596. The molecule has 1 aliphatic carbocycles. The Morgan fingerprint density at radius 3 is 2.61 bits per heavy atom. The summed E-state index contributed by atoms with van der Waals surface area (Å²) < 4.78 is 58.0. The molecule has 1 aliphatic rings. The Kier molecular flexibility index (Phi) is 5.77. The van der Waals surface area contributed by atoms with Crippen LogP contribution in [0.1, 0.15) is 43.1 Å². The topological polar surface area (TPSA) is 89.3 Å². The molecule has 176 valence electrons. The molecule has 2 aromatic heterocycles. The van der Waals surface area contributed by atoms with Crippen molar-refractivity contribution in [1.82, 2.24) is 20.1 Å². The van der Waals surface area contributed by atoms with E-state index in [9.17, 15) is 27.5 Å². The van der Waals surface area contributed by atoms with Gasteiger partial charge in [-0.05, 0) is 32.0 Å². The van der Waals surface area contributed by atoms with Gasteiger partial charge in [-0.1, -0.05) is 12.1 Å². The van der Waals surface area contributed by atoms with Gasteiger partial charge in [-0.3, -0.25) is 14.5 Å². The van der Waals surface area contributed by atoms with Gasteiger partial charge in [0.25, 0.3) is 11.8 Å². The van der Waals surface area contributed by atoms with E-state index in [4.69, 9.17) is 0 Å². The smallest absolute Gasteiger partial charge is 0.387 e. The number of hydrogen-bond acceptors (Lipinski definition) is 5. The lowest BCUT2D eigenvalue weighted by atomic mass is 9.74. The Labute approximate surface area is 186 Å². The number of nitrogens with zero attached hydrogens (tertiary/aromatic N) is 3. The Bertz CT molecular complexity index is 1190. The van der Waals surface area contributed by atoms with Crippen LogP contribution in [-0.2, 0) is 0 Å². The summed E-state index contributed by atoms with van der Waals surface area (Å²) in [6.45, 7) is 0.171. The zero-order valence-corrected chi connectivity index (χ0v) is 17.9. The Morgan fingerprint density at radius 2 is 2.00 bits per heavy atom. The summed E-state index contributed by atoms with van der Waals surface area (Å²) in [6, 6.07) is 7.45. The van der Waals surface area contributed by atoms with E-state index in [1.807, 2.05) is 13.8 Å². The molecule has 7 nitrogen and oxygen atoms in total. The molecule has 0 radical (unpaired) electrons. The fourth-order valence-electron chi connectivity index (χ4n) is 4.04. The van der Waals surface area contributed by atoms with Crippen LogP contribution in [0.3, 0.4) is 0 Å². The predicted molar refractivity (Wildman–Crippen MR) is 111 cm³/mol. The third kappa shape index (κ3) is 4.50. The normalized spacial score (nSPS) is 16.8. The number of rotatable bonds is 7. The van der Waals surface area contributed by atoms with Crippen LogP contribution in [-0.4, -0.2) is 50.5 Å². The number of aromatic nitrogens is 3. The minimum Gasteiger partial charge on any atom is -0.435 e. The molecule has 1 amide bonds. The Balaban J connectivity index is 1.70. The van der Waals surface area contributed by atoms with Crippen LogP contribution in [0.15, 0.2) is 36.5 Å². The largest absolute Gasteiger partial charge is 0.435 e. The van der Waals surface area contributed by atoms with Crippen LogP contribution >= 0.6 is 0 Å². The summed E-state index contributed by atoms with van der Waals surface area (Å²) in [5, 5.41) is 16.6. The van der Waals surface area contributed by atoms with Crippen LogP contribution in [0.4, 0.5) is 17.6 Å². The first-order chi connectivity index (χ1) is 15.5. The molecule has 33 heavy (non-hydrogen) atoms. The summed E-state index contributed by atoms with van der Waals surface area (Å²) in [6.07, 6.45) is 0.0148. The quantitative estimate of drug-likeness (QED) is 0.511. The lowest BCUT2D eigenvalue weighted by molar-refractivity contribution is -0.143. The van der Waals surface area contributed by atoms with Gasteiger partial charge in [0, 0.05) is 30.6 Å². The number of nitrogens with one attached hydrogen (secondary N) is 1. The molecule has 2 heterocycles. The minimum atomic E-state index is -2.97. The highest BCUT2D eigenvalue weighted by atomic mass is 19.3. The first-order valence-electron chi connectivity index (χ1n) is 10.3. The van der Waals surface area contributed by atoms with E-state index in [1.54, 1.807) is 16.8 Å². The minimum absolute atomic E-state index is 0.0302. The maximum Gasteiger partial charge on any atom is 0.387 e. The highest BCUT2D eigenvalue weighted by Crippen LogP contribution is 2.45. The summed E-state index contributed by atoms with van der Waals surface area (Å²) in [7, 11) is 0. The molecule has 0 unspecified atom stereocenters. The van der Waals surface area contributed by atoms with Crippen LogP contribution in [0.25, 0.3) is 22.3 Å². The van der Waals surface area contributed by atoms with Gasteiger partial charge in [-0.25, -0.2) is 8.78 Å². The van der Waals surface area contributed by atoms with Crippen LogP contribution in [0.5, 0.6) is 5.75 Å². The first kappa shape index (κ1) is 23.0. The first-order valence-corrected chi connectivity index (χ1v) is 10.3. The SMILES string of the molecule is CC(C)n1nc(-c2cccc(OC(F)F)c2)c2ncc(C(=O)NC3(CO)CC(F)(F)C3)cc21. The number of benzene rings is 1. The number of amides is 1. The van der Waals surface area contributed by atoms with Crippen molar-refractivity contribution in [3.63, 3.8) is 0 Å². The number of aliphatic hydroxyl groups is 1. The van der Waals surface area contributed by atoms with Crippen LogP contribution in [0, 0.1) is 0 Å². The average molecular weight is 466 g/mol. The van der Waals surface area contributed by atoms with Crippen molar-refractivity contribution in [2.45, 2.75) is 50.8 Å². The predicted octanol–water partition coefficient (Wildman–Crippen LogP) is 4.17. The second-order valence-electron chi connectivity index (χ2n) is 8.49.